The molecular weight excluding hydrogens is 791 g/mol. The number of hydrogen-bond acceptors (Lipinski definition) is 14. The Morgan fingerprint density at radius 3 is 1.82 bits per heavy atom. The molecule has 0 aliphatic heterocycles. The van der Waals surface area contributed by atoms with E-state index >= 15 is 0 Å². The molecule has 0 aliphatic rings. The van der Waals surface area contributed by atoms with Crippen LogP contribution in [-0.4, -0.2) is 63.5 Å². The Morgan fingerprint density at radius 2 is 1.20 bits per heavy atom. The molecule has 6 aromatic rings. The second kappa shape index (κ2) is 16.0. The number of ether oxygens (including phenoxy) is 2. The van der Waals surface area contributed by atoms with Crippen LogP contribution in [0.1, 0.15) is 6.42 Å². The predicted octanol–water partition coefficient (Wildman–Crippen LogP) is 8.43. The molecule has 17 nitrogen and oxygen atoms in total. The maximum atomic E-state index is 12.4. The fourth-order valence-electron chi connectivity index (χ4n) is 5.45. The monoisotopic (exact) mass is 821 g/mol. The third-order valence-corrected chi connectivity index (χ3v) is 10.6. The molecule has 6 aromatic carbocycles. The largest absolute Gasteiger partial charge is 0.505 e. The van der Waals surface area contributed by atoms with Gasteiger partial charge in [-0.25, -0.2) is 0 Å². The second-order valence-corrected chi connectivity index (χ2v) is 16.4. The summed E-state index contributed by atoms with van der Waals surface area (Å²) in [6.45, 7) is -0.147. The van der Waals surface area contributed by atoms with Gasteiger partial charge in [0.15, 0.2) is 5.75 Å². The van der Waals surface area contributed by atoms with E-state index in [4.69, 9.17) is 14.0 Å². The van der Waals surface area contributed by atoms with Crippen molar-refractivity contribution in [1.82, 2.24) is 0 Å². The van der Waals surface area contributed by atoms with Crippen LogP contribution in [0, 0.1) is 0 Å². The lowest BCUT2D eigenvalue weighted by Crippen LogP contribution is -2.09. The van der Waals surface area contributed by atoms with Crippen molar-refractivity contribution >= 4 is 86.0 Å². The number of hydrogen-bond donors (Lipinski definition) is 5. The molecule has 20 heteroatoms. The number of benzene rings is 6. The lowest BCUT2D eigenvalue weighted by molar-refractivity contribution is 0.315. The molecule has 56 heavy (non-hydrogen) atoms. The van der Waals surface area contributed by atoms with Crippen molar-refractivity contribution in [1.29, 1.82) is 0 Å². The van der Waals surface area contributed by atoms with Crippen molar-refractivity contribution in [3.05, 3.63) is 103 Å². The predicted molar refractivity (Wildman–Crippen MR) is 207 cm³/mol. The van der Waals surface area contributed by atoms with Gasteiger partial charge in [-0.05, 0) is 108 Å². The molecule has 0 amide bonds. The molecule has 0 unspecified atom stereocenters. The van der Waals surface area contributed by atoms with Gasteiger partial charge in [0.1, 0.15) is 27.0 Å². The zero-order valence-corrected chi connectivity index (χ0v) is 31.5. The topological polar surface area (TPSA) is 263 Å². The summed E-state index contributed by atoms with van der Waals surface area (Å²) in [5.41, 5.74) is 1.61. The molecule has 0 fully saturated rings. The Balaban J connectivity index is 1.20. The normalized spacial score (nSPS) is 12.5. The van der Waals surface area contributed by atoms with E-state index in [0.717, 1.165) is 11.8 Å². The van der Waals surface area contributed by atoms with E-state index in [2.05, 4.69) is 25.8 Å². The Bertz CT molecular complexity index is 2850. The van der Waals surface area contributed by atoms with Gasteiger partial charge >= 0.3 is 0 Å². The van der Waals surface area contributed by atoms with Gasteiger partial charge in [0.05, 0.1) is 36.5 Å². The molecule has 0 bridgehead atoms. The van der Waals surface area contributed by atoms with Gasteiger partial charge in [-0.15, -0.1) is 5.11 Å². The Kier molecular flexibility index (Phi) is 11.3. The molecule has 0 saturated heterocycles. The summed E-state index contributed by atoms with van der Waals surface area (Å²) in [5, 5.41) is 31.5. The van der Waals surface area contributed by atoms with Gasteiger partial charge in [-0.2, -0.15) is 40.6 Å². The van der Waals surface area contributed by atoms with Gasteiger partial charge in [-0.3, -0.25) is 13.7 Å². The Morgan fingerprint density at radius 1 is 0.589 bits per heavy atom. The van der Waals surface area contributed by atoms with Crippen molar-refractivity contribution in [2.75, 3.05) is 24.8 Å². The van der Waals surface area contributed by atoms with Crippen LogP contribution in [0.15, 0.2) is 133 Å². The van der Waals surface area contributed by atoms with Crippen molar-refractivity contribution < 1.29 is 53.5 Å². The highest BCUT2D eigenvalue weighted by Gasteiger charge is 2.22. The lowest BCUT2D eigenvalue weighted by Gasteiger charge is -2.12. The molecule has 6 rings (SSSR count). The number of phenolic OH excluding ortho intramolecular Hbond substituents is 1. The summed E-state index contributed by atoms with van der Waals surface area (Å²) < 4.78 is 110. The van der Waals surface area contributed by atoms with Crippen molar-refractivity contribution in [2.45, 2.75) is 16.2 Å². The van der Waals surface area contributed by atoms with Crippen LogP contribution in [0.4, 0.5) is 34.1 Å². The van der Waals surface area contributed by atoms with Gasteiger partial charge < -0.3 is 19.9 Å². The Hall–Kier alpha value is -6.03. The fourth-order valence-corrected chi connectivity index (χ4v) is 7.31. The van der Waals surface area contributed by atoms with E-state index in [1.165, 1.54) is 54.6 Å². The lowest BCUT2D eigenvalue weighted by atomic mass is 10.1. The number of azo groups is 2. The highest BCUT2D eigenvalue weighted by molar-refractivity contribution is 7.86. The summed E-state index contributed by atoms with van der Waals surface area (Å²) in [4.78, 5) is -1.14. The van der Waals surface area contributed by atoms with Crippen LogP contribution in [0.3, 0.4) is 0 Å². The van der Waals surface area contributed by atoms with E-state index < -0.39 is 57.3 Å². The number of fused-ring (bicyclic) bond motifs is 2. The first kappa shape index (κ1) is 39.7. The maximum absolute atomic E-state index is 12.4. The number of rotatable bonds is 14. The van der Waals surface area contributed by atoms with Crippen molar-refractivity contribution in [3.63, 3.8) is 0 Å². The van der Waals surface area contributed by atoms with E-state index in [9.17, 15) is 39.5 Å². The quantitative estimate of drug-likeness (QED) is 0.0393. The third kappa shape index (κ3) is 9.79. The number of aromatic hydroxyl groups is 1. The van der Waals surface area contributed by atoms with Gasteiger partial charge in [0.25, 0.3) is 30.4 Å². The van der Waals surface area contributed by atoms with Gasteiger partial charge in [-0.1, -0.05) is 6.07 Å². The number of nitrogens with zero attached hydrogens (tertiary/aromatic N) is 4. The minimum absolute atomic E-state index is 0.0462. The minimum atomic E-state index is -4.86. The highest BCUT2D eigenvalue weighted by Crippen LogP contribution is 2.42. The van der Waals surface area contributed by atoms with Crippen molar-refractivity contribution in [2.24, 2.45) is 20.5 Å². The van der Waals surface area contributed by atoms with Gasteiger partial charge in [0, 0.05) is 28.2 Å². The smallest absolute Gasteiger partial charge is 0.296 e. The van der Waals surface area contributed by atoms with Crippen molar-refractivity contribution in [3.8, 4) is 17.2 Å². The second-order valence-electron chi connectivity index (χ2n) is 12.0. The first-order valence-corrected chi connectivity index (χ1v) is 20.7. The molecule has 0 spiro atoms. The molecule has 0 atom stereocenters. The summed E-state index contributed by atoms with van der Waals surface area (Å²) >= 11 is 0. The highest BCUT2D eigenvalue weighted by atomic mass is 32.2. The van der Waals surface area contributed by atoms with E-state index in [0.29, 0.717) is 27.9 Å². The number of phenols is 1. The number of anilines is 2. The van der Waals surface area contributed by atoms with Crippen LogP contribution in [0.25, 0.3) is 21.5 Å². The average molecular weight is 822 g/mol. The molecule has 0 aromatic heterocycles. The molecule has 0 heterocycles. The molecular formula is C36H31N5O12S3. The molecule has 0 saturated carbocycles. The van der Waals surface area contributed by atoms with Gasteiger partial charge in [0.2, 0.25) is 0 Å². The Labute approximate surface area is 320 Å². The first-order valence-electron chi connectivity index (χ1n) is 16.2. The standard InChI is InChI=1S/C36H31N5O12S3/c1-52-29-12-9-24(10-13-29)37-27-11-14-31-23(17-27)19-34(56(49,50)51)35(36(31)42)41-39-26-7-5-25(6-8-26)38-40-28-4-3-22-18-30(53-15-2-16-54(43,44)45)21-33(32(22)20-28)55(46,47)48/h3-14,17-21,37,42H,2,15-16H2,1H3,(H,43,44,45)(H,46,47,48)(H,49,50,51). The SMILES string of the molecule is COc1ccc(Nc2ccc3c(O)c(N=Nc4ccc(N=Nc5ccc6cc(OCCCS(=O)(=O)O)cc(S(=O)(=O)O)c6c5)cc4)c(S(=O)(=O)O)cc3c2)cc1. The first-order chi connectivity index (χ1) is 26.5. The van der Waals surface area contributed by atoms with Crippen LogP contribution in [0.5, 0.6) is 17.2 Å². The van der Waals surface area contributed by atoms with Crippen LogP contribution in [-0.2, 0) is 30.4 Å². The summed E-state index contributed by atoms with van der Waals surface area (Å²) in [6.07, 6.45) is -0.0587. The molecule has 0 radical (unpaired) electrons. The molecule has 0 aliphatic carbocycles. The molecule has 290 valence electrons. The van der Waals surface area contributed by atoms with E-state index in [-0.39, 0.29) is 40.9 Å². The average Bonchev–Trinajstić information content (AvgIpc) is 3.14. The summed E-state index contributed by atoms with van der Waals surface area (Å²) in [6, 6.07) is 26.1. The van der Waals surface area contributed by atoms with E-state index in [1.807, 2.05) is 0 Å². The number of nitrogens with one attached hydrogen (secondary N) is 1. The molecule has 5 N–H and O–H groups in total. The zero-order valence-electron chi connectivity index (χ0n) is 29.0. The van der Waals surface area contributed by atoms with Crippen LogP contribution >= 0.6 is 0 Å². The van der Waals surface area contributed by atoms with Crippen LogP contribution in [0.2, 0.25) is 0 Å². The zero-order chi connectivity index (χ0) is 40.3. The maximum Gasteiger partial charge on any atom is 0.296 e. The summed E-state index contributed by atoms with van der Waals surface area (Å²) in [5.74, 6) is -0.356. The summed E-state index contributed by atoms with van der Waals surface area (Å²) in [7, 11) is -12.2. The van der Waals surface area contributed by atoms with E-state index in [1.54, 1.807) is 49.6 Å². The number of methoxy groups -OCH3 is 1. The van der Waals surface area contributed by atoms with Crippen LogP contribution < -0.4 is 14.8 Å². The fraction of sp³-hybridized carbons (Fsp3) is 0.111. The minimum Gasteiger partial charge on any atom is -0.505 e. The third-order valence-electron chi connectivity index (χ3n) is 8.07.